The number of nitrogens with zero attached hydrogens (tertiary/aromatic N) is 3. The highest BCUT2D eigenvalue weighted by Gasteiger charge is 2.37. The van der Waals surface area contributed by atoms with Gasteiger partial charge in [0.1, 0.15) is 6.04 Å². The SMILES string of the molecule is Cc1cccc(CN2CCN(C(=O)C3CCCCN3S(C)(=O)=O)CC2)c1. The van der Waals surface area contributed by atoms with Crippen LogP contribution in [0.3, 0.4) is 0 Å². The molecule has 3 rings (SSSR count). The molecule has 144 valence electrons. The van der Waals surface area contributed by atoms with Crippen molar-refractivity contribution in [2.24, 2.45) is 0 Å². The van der Waals surface area contributed by atoms with E-state index in [1.54, 1.807) is 0 Å². The van der Waals surface area contributed by atoms with Gasteiger partial charge in [-0.1, -0.05) is 36.2 Å². The number of piperazine rings is 1. The molecule has 1 unspecified atom stereocenters. The summed E-state index contributed by atoms with van der Waals surface area (Å²) in [4.78, 5) is 17.1. The molecule has 26 heavy (non-hydrogen) atoms. The fourth-order valence-corrected chi connectivity index (χ4v) is 5.07. The van der Waals surface area contributed by atoms with Gasteiger partial charge in [-0.15, -0.1) is 0 Å². The van der Waals surface area contributed by atoms with Crippen LogP contribution in [0.5, 0.6) is 0 Å². The van der Waals surface area contributed by atoms with Gasteiger partial charge < -0.3 is 4.90 Å². The van der Waals surface area contributed by atoms with Gasteiger partial charge in [0.25, 0.3) is 0 Å². The summed E-state index contributed by atoms with van der Waals surface area (Å²) in [6.45, 7) is 6.43. The van der Waals surface area contributed by atoms with Crippen molar-refractivity contribution in [1.29, 1.82) is 0 Å². The van der Waals surface area contributed by atoms with E-state index in [1.165, 1.54) is 21.7 Å². The molecule has 6 nitrogen and oxygen atoms in total. The molecule has 2 aliphatic rings. The minimum Gasteiger partial charge on any atom is -0.339 e. The third-order valence-electron chi connectivity index (χ3n) is 5.34. The summed E-state index contributed by atoms with van der Waals surface area (Å²) in [5.41, 5.74) is 2.55. The molecule has 7 heteroatoms. The smallest absolute Gasteiger partial charge is 0.241 e. The zero-order valence-corrected chi connectivity index (χ0v) is 16.5. The quantitative estimate of drug-likeness (QED) is 0.795. The van der Waals surface area contributed by atoms with Crippen molar-refractivity contribution in [2.45, 2.75) is 38.8 Å². The predicted molar refractivity (Wildman–Crippen MR) is 102 cm³/mol. The first kappa shape index (κ1) is 19.3. The highest BCUT2D eigenvalue weighted by molar-refractivity contribution is 7.88. The highest BCUT2D eigenvalue weighted by atomic mass is 32.2. The number of piperidine rings is 1. The zero-order chi connectivity index (χ0) is 18.7. The van der Waals surface area contributed by atoms with E-state index in [-0.39, 0.29) is 5.91 Å². The molecule has 0 radical (unpaired) electrons. The number of carbonyl (C=O) groups excluding carboxylic acids is 1. The molecule has 2 aliphatic heterocycles. The summed E-state index contributed by atoms with van der Waals surface area (Å²) in [6.07, 6.45) is 3.59. The minimum absolute atomic E-state index is 0.0228. The molecule has 0 aromatic heterocycles. The maximum absolute atomic E-state index is 12.9. The Balaban J connectivity index is 1.57. The topological polar surface area (TPSA) is 60.9 Å². The normalized spacial score (nSPS) is 23.2. The lowest BCUT2D eigenvalue weighted by Crippen LogP contribution is -2.56. The molecular weight excluding hydrogens is 350 g/mol. The van der Waals surface area contributed by atoms with Crippen molar-refractivity contribution in [3.05, 3.63) is 35.4 Å². The Morgan fingerprint density at radius 1 is 1.12 bits per heavy atom. The number of amides is 1. The maximum atomic E-state index is 12.9. The van der Waals surface area contributed by atoms with Gasteiger partial charge in [0.2, 0.25) is 15.9 Å². The van der Waals surface area contributed by atoms with E-state index in [0.29, 0.717) is 26.1 Å². The molecule has 0 N–H and O–H groups in total. The molecule has 1 aromatic carbocycles. The van der Waals surface area contributed by atoms with E-state index >= 15 is 0 Å². The Morgan fingerprint density at radius 2 is 1.85 bits per heavy atom. The van der Waals surface area contributed by atoms with Gasteiger partial charge in [-0.05, 0) is 25.3 Å². The van der Waals surface area contributed by atoms with Gasteiger partial charge >= 0.3 is 0 Å². The second kappa shape index (κ2) is 8.06. The molecule has 0 bridgehead atoms. The average Bonchev–Trinajstić information content (AvgIpc) is 2.61. The van der Waals surface area contributed by atoms with Crippen LogP contribution in [0.2, 0.25) is 0 Å². The van der Waals surface area contributed by atoms with Crippen LogP contribution in [0.25, 0.3) is 0 Å². The Morgan fingerprint density at radius 3 is 2.50 bits per heavy atom. The molecule has 1 amide bonds. The third kappa shape index (κ3) is 4.64. The lowest BCUT2D eigenvalue weighted by atomic mass is 10.0. The molecule has 0 spiro atoms. The summed E-state index contributed by atoms with van der Waals surface area (Å²) in [6, 6.07) is 7.99. The number of benzene rings is 1. The van der Waals surface area contributed by atoms with Gasteiger partial charge in [0, 0.05) is 39.3 Å². The molecule has 1 atom stereocenters. The number of aryl methyl sites for hydroxylation is 1. The van der Waals surface area contributed by atoms with E-state index in [4.69, 9.17) is 0 Å². The largest absolute Gasteiger partial charge is 0.339 e. The van der Waals surface area contributed by atoms with E-state index in [9.17, 15) is 13.2 Å². The first-order chi connectivity index (χ1) is 12.3. The van der Waals surface area contributed by atoms with Crippen LogP contribution >= 0.6 is 0 Å². The summed E-state index contributed by atoms with van der Waals surface area (Å²) in [7, 11) is -3.34. The van der Waals surface area contributed by atoms with E-state index in [2.05, 4.69) is 36.1 Å². The van der Waals surface area contributed by atoms with Crippen LogP contribution in [0.4, 0.5) is 0 Å². The summed E-state index contributed by atoms with van der Waals surface area (Å²) in [5.74, 6) is -0.0228. The van der Waals surface area contributed by atoms with Gasteiger partial charge in [0.05, 0.1) is 6.26 Å². The number of hydrogen-bond donors (Lipinski definition) is 0. The number of hydrogen-bond acceptors (Lipinski definition) is 4. The maximum Gasteiger partial charge on any atom is 0.241 e. The van der Waals surface area contributed by atoms with Crippen molar-refractivity contribution >= 4 is 15.9 Å². The molecule has 1 aromatic rings. The van der Waals surface area contributed by atoms with Gasteiger partial charge in [0.15, 0.2) is 0 Å². The second-order valence-electron chi connectivity index (χ2n) is 7.48. The number of carbonyl (C=O) groups is 1. The highest BCUT2D eigenvalue weighted by Crippen LogP contribution is 2.22. The lowest BCUT2D eigenvalue weighted by Gasteiger charge is -2.40. The van der Waals surface area contributed by atoms with E-state index in [0.717, 1.165) is 32.5 Å². The lowest BCUT2D eigenvalue weighted by molar-refractivity contribution is -0.138. The Labute approximate surface area is 156 Å². The number of sulfonamides is 1. The van der Waals surface area contributed by atoms with Crippen molar-refractivity contribution in [3.63, 3.8) is 0 Å². The fourth-order valence-electron chi connectivity index (χ4n) is 3.95. The molecule has 0 aliphatic carbocycles. The van der Waals surface area contributed by atoms with Crippen molar-refractivity contribution < 1.29 is 13.2 Å². The third-order valence-corrected chi connectivity index (χ3v) is 6.63. The van der Waals surface area contributed by atoms with Crippen LogP contribution in [0.1, 0.15) is 30.4 Å². The number of rotatable bonds is 4. The predicted octanol–water partition coefficient (Wildman–Crippen LogP) is 1.45. The Kier molecular flexibility index (Phi) is 5.99. The van der Waals surface area contributed by atoms with Gasteiger partial charge in [-0.3, -0.25) is 9.69 Å². The monoisotopic (exact) mass is 379 g/mol. The minimum atomic E-state index is -3.34. The Hall–Kier alpha value is -1.44. The van der Waals surface area contributed by atoms with Crippen molar-refractivity contribution in [1.82, 2.24) is 14.1 Å². The summed E-state index contributed by atoms with van der Waals surface area (Å²) in [5, 5.41) is 0. The summed E-state index contributed by atoms with van der Waals surface area (Å²) >= 11 is 0. The van der Waals surface area contributed by atoms with Crippen LogP contribution in [0.15, 0.2) is 24.3 Å². The Bertz CT molecular complexity index is 742. The van der Waals surface area contributed by atoms with Crippen LogP contribution < -0.4 is 0 Å². The molecule has 2 fully saturated rings. The van der Waals surface area contributed by atoms with Crippen LogP contribution in [-0.4, -0.2) is 73.5 Å². The first-order valence-corrected chi connectivity index (χ1v) is 11.2. The van der Waals surface area contributed by atoms with Crippen LogP contribution in [0, 0.1) is 6.92 Å². The fraction of sp³-hybridized carbons (Fsp3) is 0.632. The van der Waals surface area contributed by atoms with E-state index in [1.807, 2.05) is 4.90 Å². The summed E-state index contributed by atoms with van der Waals surface area (Å²) < 4.78 is 25.4. The van der Waals surface area contributed by atoms with Gasteiger partial charge in [-0.2, -0.15) is 4.31 Å². The molecule has 2 heterocycles. The standard InChI is InChI=1S/C19H29N3O3S/c1-16-6-5-7-17(14-16)15-20-10-12-21(13-11-20)19(23)18-8-3-4-9-22(18)26(2,24)25/h5-7,14,18H,3-4,8-13,15H2,1-2H3. The van der Waals surface area contributed by atoms with Gasteiger partial charge in [-0.25, -0.2) is 8.42 Å². The first-order valence-electron chi connectivity index (χ1n) is 9.38. The molecule has 2 saturated heterocycles. The van der Waals surface area contributed by atoms with Crippen molar-refractivity contribution in [2.75, 3.05) is 39.0 Å². The van der Waals surface area contributed by atoms with E-state index < -0.39 is 16.1 Å². The molecular formula is C19H29N3O3S. The van der Waals surface area contributed by atoms with Crippen molar-refractivity contribution in [3.8, 4) is 0 Å². The van der Waals surface area contributed by atoms with Crippen LogP contribution in [-0.2, 0) is 21.4 Å². The average molecular weight is 380 g/mol. The molecule has 0 saturated carbocycles. The zero-order valence-electron chi connectivity index (χ0n) is 15.7. The second-order valence-corrected chi connectivity index (χ2v) is 9.41.